The van der Waals surface area contributed by atoms with Crippen molar-refractivity contribution in [2.45, 2.75) is 6.18 Å². The molecule has 2 aromatic carbocycles. The zero-order chi connectivity index (χ0) is 23.8. The molecule has 0 saturated heterocycles. The van der Waals surface area contributed by atoms with Gasteiger partial charge < -0.3 is 20.4 Å². The fourth-order valence-corrected chi connectivity index (χ4v) is 3.25. The minimum atomic E-state index is -4.64. The number of alkyl halides is 3. The number of fused-ring (bicyclic) bond motifs is 1. The van der Waals surface area contributed by atoms with E-state index >= 15 is 0 Å². The van der Waals surface area contributed by atoms with E-state index in [4.69, 9.17) is 16.3 Å². The van der Waals surface area contributed by atoms with Crippen LogP contribution in [-0.4, -0.2) is 20.6 Å². The molecular formula is C21H15ClF3N5O3. The van der Waals surface area contributed by atoms with Gasteiger partial charge in [0.05, 0.1) is 10.6 Å². The monoisotopic (exact) mass is 477 g/mol. The number of halogens is 4. The van der Waals surface area contributed by atoms with E-state index in [0.29, 0.717) is 28.4 Å². The Hall–Kier alpha value is -3.99. The number of carbonyl (C=O) groups excluding carboxylic acids is 1. The molecule has 0 bridgehead atoms. The van der Waals surface area contributed by atoms with Crippen molar-refractivity contribution < 1.29 is 22.7 Å². The lowest BCUT2D eigenvalue weighted by Gasteiger charge is -2.12. The molecule has 2 aromatic heterocycles. The Morgan fingerprint density at radius 1 is 1.09 bits per heavy atom. The average Bonchev–Trinajstić information content (AvgIpc) is 3.05. The number of ether oxygens (including phenoxy) is 1. The minimum absolute atomic E-state index is 0.0669. The van der Waals surface area contributed by atoms with Crippen molar-refractivity contribution in [2.75, 3.05) is 10.6 Å². The molecule has 4 rings (SSSR count). The highest BCUT2D eigenvalue weighted by molar-refractivity contribution is 6.31. The maximum atomic E-state index is 13.0. The molecule has 0 atom stereocenters. The van der Waals surface area contributed by atoms with Crippen LogP contribution in [0.25, 0.3) is 11.2 Å². The Bertz CT molecular complexity index is 1400. The second-order valence-corrected chi connectivity index (χ2v) is 7.30. The van der Waals surface area contributed by atoms with Crippen LogP contribution in [0.15, 0.2) is 59.5 Å². The number of carbonyl (C=O) groups is 1. The number of urea groups is 1. The number of pyridine rings is 1. The Balaban J connectivity index is 1.44. The summed E-state index contributed by atoms with van der Waals surface area (Å²) < 4.78 is 46.1. The lowest BCUT2D eigenvalue weighted by Crippen LogP contribution is -2.19. The molecule has 0 radical (unpaired) electrons. The molecule has 8 nitrogen and oxygen atoms in total. The van der Waals surface area contributed by atoms with Gasteiger partial charge in [-0.1, -0.05) is 11.6 Å². The van der Waals surface area contributed by atoms with Crippen molar-refractivity contribution in [1.29, 1.82) is 0 Å². The SMILES string of the molecule is Cn1c(=O)[nH]c2c(Oc3ccc(NC(=O)Nc4ccc(Cl)c(C(F)(F)F)c4)cc3)ccnc21. The number of nitrogens with zero attached hydrogens (tertiary/aromatic N) is 2. The number of H-pyrrole nitrogens is 1. The van der Waals surface area contributed by atoms with Crippen LogP contribution in [0.1, 0.15) is 5.56 Å². The molecule has 170 valence electrons. The largest absolute Gasteiger partial charge is 0.455 e. The van der Waals surface area contributed by atoms with Gasteiger partial charge in [0.25, 0.3) is 0 Å². The van der Waals surface area contributed by atoms with Gasteiger partial charge in [0, 0.05) is 30.7 Å². The molecule has 2 heterocycles. The van der Waals surface area contributed by atoms with Crippen molar-refractivity contribution in [3.63, 3.8) is 0 Å². The topological polar surface area (TPSA) is 101 Å². The number of anilines is 2. The van der Waals surface area contributed by atoms with Crippen LogP contribution in [0, 0.1) is 0 Å². The second kappa shape index (κ2) is 8.51. The van der Waals surface area contributed by atoms with Crippen LogP contribution < -0.4 is 21.1 Å². The fraction of sp³-hybridized carbons (Fsp3) is 0.0952. The van der Waals surface area contributed by atoms with Gasteiger partial charge in [0.1, 0.15) is 11.3 Å². The highest BCUT2D eigenvalue weighted by atomic mass is 35.5. The van der Waals surface area contributed by atoms with Crippen LogP contribution >= 0.6 is 11.6 Å². The summed E-state index contributed by atoms with van der Waals surface area (Å²) in [7, 11) is 1.58. The number of hydrogen-bond acceptors (Lipinski definition) is 4. The van der Waals surface area contributed by atoms with E-state index in [1.165, 1.54) is 16.8 Å². The van der Waals surface area contributed by atoms with Crippen molar-refractivity contribution in [3.8, 4) is 11.5 Å². The molecule has 0 aliphatic carbocycles. The third-order valence-electron chi connectivity index (χ3n) is 4.62. The summed E-state index contributed by atoms with van der Waals surface area (Å²) in [6, 6.07) is 10.2. The van der Waals surface area contributed by atoms with Gasteiger partial charge in [-0.25, -0.2) is 14.6 Å². The zero-order valence-electron chi connectivity index (χ0n) is 16.8. The van der Waals surface area contributed by atoms with Crippen LogP contribution in [0.4, 0.5) is 29.3 Å². The van der Waals surface area contributed by atoms with E-state index < -0.39 is 22.8 Å². The van der Waals surface area contributed by atoms with Crippen molar-refractivity contribution >= 4 is 40.2 Å². The Morgan fingerprint density at radius 2 is 1.76 bits per heavy atom. The van der Waals surface area contributed by atoms with E-state index in [0.717, 1.165) is 12.1 Å². The zero-order valence-corrected chi connectivity index (χ0v) is 17.6. The molecule has 0 spiro atoms. The molecule has 0 unspecified atom stereocenters. The first-order chi connectivity index (χ1) is 15.6. The van der Waals surface area contributed by atoms with Gasteiger partial charge in [-0.05, 0) is 42.5 Å². The summed E-state index contributed by atoms with van der Waals surface area (Å²) in [6.45, 7) is 0. The lowest BCUT2D eigenvalue weighted by molar-refractivity contribution is -0.137. The molecule has 0 aliphatic rings. The number of benzene rings is 2. The summed E-state index contributed by atoms with van der Waals surface area (Å²) in [5.41, 5.74) is -0.202. The van der Waals surface area contributed by atoms with E-state index in [1.807, 2.05) is 0 Å². The molecule has 12 heteroatoms. The lowest BCUT2D eigenvalue weighted by atomic mass is 10.2. The number of aryl methyl sites for hydroxylation is 1. The summed E-state index contributed by atoms with van der Waals surface area (Å²) >= 11 is 5.58. The highest BCUT2D eigenvalue weighted by Crippen LogP contribution is 2.36. The third kappa shape index (κ3) is 4.77. The minimum Gasteiger partial charge on any atom is -0.455 e. The van der Waals surface area contributed by atoms with E-state index in [1.54, 1.807) is 37.4 Å². The standard InChI is InChI=1S/C21H15ClF3N5O3/c1-30-18-17(29-20(30)32)16(8-9-26-18)33-13-5-2-11(3-6-13)27-19(31)28-12-4-7-15(22)14(10-12)21(23,24)25/h2-10H,1H3,(H,29,32)(H2,27,28,31). The quantitative estimate of drug-likeness (QED) is 0.368. The number of aromatic nitrogens is 3. The van der Waals surface area contributed by atoms with Gasteiger partial charge >= 0.3 is 17.9 Å². The molecular weight excluding hydrogens is 463 g/mol. The molecule has 0 saturated carbocycles. The number of rotatable bonds is 4. The van der Waals surface area contributed by atoms with E-state index in [9.17, 15) is 22.8 Å². The maximum absolute atomic E-state index is 13.0. The Kier molecular flexibility index (Phi) is 5.73. The van der Waals surface area contributed by atoms with Gasteiger partial charge in [0.15, 0.2) is 11.4 Å². The average molecular weight is 478 g/mol. The first-order valence-corrected chi connectivity index (χ1v) is 9.76. The van der Waals surface area contributed by atoms with Crippen molar-refractivity contribution in [1.82, 2.24) is 14.5 Å². The van der Waals surface area contributed by atoms with Gasteiger partial charge in [-0.2, -0.15) is 13.2 Å². The van der Waals surface area contributed by atoms with Gasteiger partial charge in [-0.3, -0.25) is 4.57 Å². The first kappa shape index (κ1) is 22.2. The number of imidazole rings is 1. The number of aromatic amines is 1. The third-order valence-corrected chi connectivity index (χ3v) is 4.95. The maximum Gasteiger partial charge on any atom is 0.417 e. The summed E-state index contributed by atoms with van der Waals surface area (Å²) in [4.78, 5) is 30.8. The first-order valence-electron chi connectivity index (χ1n) is 9.38. The van der Waals surface area contributed by atoms with Crippen LogP contribution in [0.3, 0.4) is 0 Å². The Labute approximate surface area is 189 Å². The fourth-order valence-electron chi connectivity index (χ4n) is 3.02. The van der Waals surface area contributed by atoms with Crippen molar-refractivity contribution in [2.24, 2.45) is 7.05 Å². The molecule has 4 aromatic rings. The summed E-state index contributed by atoms with van der Waals surface area (Å²) in [6.07, 6.45) is -3.14. The van der Waals surface area contributed by atoms with Crippen LogP contribution in [0.5, 0.6) is 11.5 Å². The summed E-state index contributed by atoms with van der Waals surface area (Å²) in [5, 5.41) is 4.38. The number of hydrogen-bond donors (Lipinski definition) is 3. The van der Waals surface area contributed by atoms with Crippen molar-refractivity contribution in [3.05, 3.63) is 75.8 Å². The number of nitrogens with one attached hydrogen (secondary N) is 3. The van der Waals surface area contributed by atoms with Crippen LogP contribution in [-0.2, 0) is 13.2 Å². The molecule has 2 amide bonds. The number of amides is 2. The smallest absolute Gasteiger partial charge is 0.417 e. The normalized spacial score (nSPS) is 11.4. The van der Waals surface area contributed by atoms with E-state index in [2.05, 4.69) is 20.6 Å². The van der Waals surface area contributed by atoms with Crippen LogP contribution in [0.2, 0.25) is 5.02 Å². The van der Waals surface area contributed by atoms with Gasteiger partial charge in [0.2, 0.25) is 0 Å². The van der Waals surface area contributed by atoms with E-state index in [-0.39, 0.29) is 11.4 Å². The Morgan fingerprint density at radius 3 is 2.45 bits per heavy atom. The second-order valence-electron chi connectivity index (χ2n) is 6.89. The molecule has 3 N–H and O–H groups in total. The predicted octanol–water partition coefficient (Wildman–Crippen LogP) is 5.37. The molecule has 33 heavy (non-hydrogen) atoms. The summed E-state index contributed by atoms with van der Waals surface area (Å²) in [5.74, 6) is 0.810. The molecule has 0 fully saturated rings. The van der Waals surface area contributed by atoms with Gasteiger partial charge in [-0.15, -0.1) is 0 Å². The highest BCUT2D eigenvalue weighted by Gasteiger charge is 2.33. The predicted molar refractivity (Wildman–Crippen MR) is 117 cm³/mol. The molecule has 0 aliphatic heterocycles.